The first kappa shape index (κ1) is 25.9. The van der Waals surface area contributed by atoms with Crippen LogP contribution in [0.5, 0.6) is 0 Å². The highest BCUT2D eigenvalue weighted by Crippen LogP contribution is 2.35. The molecule has 2 aromatic heterocycles. The first-order valence-electron chi connectivity index (χ1n) is 13.9. The molecule has 2 saturated heterocycles. The molecule has 0 aliphatic carbocycles. The van der Waals surface area contributed by atoms with Gasteiger partial charge in [-0.1, -0.05) is 12.1 Å². The number of hydrogen-bond donors (Lipinski definition) is 2. The summed E-state index contributed by atoms with van der Waals surface area (Å²) in [5.74, 6) is 1.31. The van der Waals surface area contributed by atoms with Crippen LogP contribution >= 0.6 is 0 Å². The number of hydrogen-bond acceptors (Lipinski definition) is 10. The van der Waals surface area contributed by atoms with Crippen LogP contribution in [0, 0.1) is 13.8 Å². The Kier molecular flexibility index (Phi) is 7.09. The summed E-state index contributed by atoms with van der Waals surface area (Å²) in [5, 5.41) is 18.3. The van der Waals surface area contributed by atoms with Crippen LogP contribution in [0.25, 0.3) is 0 Å². The van der Waals surface area contributed by atoms with E-state index in [9.17, 15) is 9.90 Å². The number of nitrogens with zero attached hydrogens (tertiary/aromatic N) is 6. The Morgan fingerprint density at radius 3 is 2.82 bits per heavy atom. The van der Waals surface area contributed by atoms with E-state index in [2.05, 4.69) is 47.3 Å². The largest absolute Gasteiger partial charge is 0.392 e. The van der Waals surface area contributed by atoms with E-state index in [4.69, 9.17) is 4.52 Å². The maximum absolute atomic E-state index is 14.4. The normalized spacial score (nSPS) is 25.6. The van der Waals surface area contributed by atoms with Crippen molar-refractivity contribution < 1.29 is 14.4 Å². The quantitative estimate of drug-likeness (QED) is 0.472. The molecular formula is C29H37N7O3. The predicted octanol–water partition coefficient (Wildman–Crippen LogP) is 2.67. The lowest BCUT2D eigenvalue weighted by Crippen LogP contribution is -2.67. The van der Waals surface area contributed by atoms with Crippen LogP contribution in [-0.4, -0.2) is 92.8 Å². The van der Waals surface area contributed by atoms with Crippen molar-refractivity contribution in [2.24, 2.45) is 0 Å². The van der Waals surface area contributed by atoms with Gasteiger partial charge in [-0.05, 0) is 61.2 Å². The third-order valence-electron chi connectivity index (χ3n) is 8.46. The number of rotatable bonds is 7. The van der Waals surface area contributed by atoms with Crippen molar-refractivity contribution in [2.45, 2.75) is 57.3 Å². The number of anilines is 2. The minimum Gasteiger partial charge on any atom is -0.392 e. The number of Topliss-reactive ketones (excluding diaryl/α,β-unsaturated/α-hetero) is 1. The summed E-state index contributed by atoms with van der Waals surface area (Å²) < 4.78 is 5.28. The minimum atomic E-state index is -0.793. The smallest absolute Gasteiger partial charge is 0.266 e. The molecule has 39 heavy (non-hydrogen) atoms. The Bertz CT molecular complexity index is 1330. The summed E-state index contributed by atoms with van der Waals surface area (Å²) >= 11 is 0. The van der Waals surface area contributed by atoms with Crippen molar-refractivity contribution in [3.63, 3.8) is 0 Å². The fourth-order valence-electron chi connectivity index (χ4n) is 6.46. The Morgan fingerprint density at radius 1 is 1.18 bits per heavy atom. The van der Waals surface area contributed by atoms with Gasteiger partial charge in [0.05, 0.1) is 6.10 Å². The molecule has 10 heteroatoms. The van der Waals surface area contributed by atoms with Crippen molar-refractivity contribution >= 4 is 17.4 Å². The molecule has 6 rings (SSSR count). The fourth-order valence-corrected chi connectivity index (χ4v) is 6.46. The number of aliphatic hydroxyl groups is 1. The van der Waals surface area contributed by atoms with Crippen LogP contribution in [-0.2, 0) is 6.54 Å². The number of piperidine rings is 1. The topological polar surface area (TPSA) is 111 Å². The molecule has 0 bridgehead atoms. The molecule has 0 radical (unpaired) electrons. The molecule has 2 fully saturated rings. The number of pyridine rings is 1. The second-order valence-corrected chi connectivity index (χ2v) is 11.2. The summed E-state index contributed by atoms with van der Waals surface area (Å²) in [7, 11) is 0. The number of likely N-dealkylation sites (tertiary alicyclic amines) is 1. The number of carbonyl (C=O) groups excluding carboxylic acids is 1. The molecule has 1 aromatic carbocycles. The molecule has 0 spiro atoms. The molecular weight excluding hydrogens is 494 g/mol. The van der Waals surface area contributed by atoms with Gasteiger partial charge in [0.25, 0.3) is 5.95 Å². The molecule has 3 aromatic rings. The molecule has 5 heterocycles. The zero-order valence-electron chi connectivity index (χ0n) is 22.7. The van der Waals surface area contributed by atoms with Crippen LogP contribution in [0.15, 0.2) is 47.1 Å². The second-order valence-electron chi connectivity index (χ2n) is 11.2. The number of ketones is 1. The van der Waals surface area contributed by atoms with E-state index in [1.54, 1.807) is 0 Å². The third kappa shape index (κ3) is 5.16. The number of aryl methyl sites for hydroxylation is 2. The van der Waals surface area contributed by atoms with Crippen molar-refractivity contribution in [1.29, 1.82) is 0 Å². The van der Waals surface area contributed by atoms with E-state index in [1.807, 2.05) is 44.3 Å². The molecule has 10 nitrogen and oxygen atoms in total. The van der Waals surface area contributed by atoms with E-state index < -0.39 is 11.6 Å². The number of fused-ring (bicyclic) bond motifs is 1. The van der Waals surface area contributed by atoms with E-state index in [0.29, 0.717) is 51.0 Å². The Balaban J connectivity index is 1.36. The van der Waals surface area contributed by atoms with Gasteiger partial charge in [-0.25, -0.2) is 0 Å². The number of nitrogens with one attached hydrogen (secondary N) is 1. The van der Waals surface area contributed by atoms with Crippen molar-refractivity contribution in [2.75, 3.05) is 49.5 Å². The lowest BCUT2D eigenvalue weighted by Gasteiger charge is -2.49. The first-order chi connectivity index (χ1) is 18.9. The molecule has 0 saturated carbocycles. The average molecular weight is 532 g/mol. The molecule has 3 atom stereocenters. The number of para-hydroxylation sites is 1. The summed E-state index contributed by atoms with van der Waals surface area (Å²) in [6.45, 7) is 8.37. The molecule has 0 amide bonds. The Labute approximate surface area is 229 Å². The van der Waals surface area contributed by atoms with Crippen LogP contribution in [0.2, 0.25) is 0 Å². The summed E-state index contributed by atoms with van der Waals surface area (Å²) in [4.78, 5) is 30.2. The van der Waals surface area contributed by atoms with E-state index in [1.165, 1.54) is 5.56 Å². The minimum absolute atomic E-state index is 0.128. The van der Waals surface area contributed by atoms with Gasteiger partial charge in [-0.2, -0.15) is 4.98 Å². The lowest BCUT2D eigenvalue weighted by atomic mass is 9.82. The van der Waals surface area contributed by atoms with Crippen molar-refractivity contribution in [1.82, 2.24) is 24.9 Å². The van der Waals surface area contributed by atoms with Crippen LogP contribution in [0.1, 0.15) is 46.8 Å². The van der Waals surface area contributed by atoms with Crippen LogP contribution in [0.3, 0.4) is 0 Å². The maximum Gasteiger partial charge on any atom is 0.266 e. The highest BCUT2D eigenvalue weighted by atomic mass is 16.5. The molecule has 1 unspecified atom stereocenters. The van der Waals surface area contributed by atoms with Crippen LogP contribution < -0.4 is 10.2 Å². The summed E-state index contributed by atoms with van der Waals surface area (Å²) in [5.41, 5.74) is 2.95. The fraction of sp³-hybridized carbons (Fsp3) is 0.517. The van der Waals surface area contributed by atoms with Gasteiger partial charge in [-0.15, -0.1) is 0 Å². The van der Waals surface area contributed by atoms with Crippen molar-refractivity contribution in [3.05, 3.63) is 65.3 Å². The highest BCUT2D eigenvalue weighted by molar-refractivity contribution is 6.09. The van der Waals surface area contributed by atoms with Gasteiger partial charge in [0, 0.05) is 81.9 Å². The van der Waals surface area contributed by atoms with E-state index in [-0.39, 0.29) is 11.8 Å². The summed E-state index contributed by atoms with van der Waals surface area (Å²) in [6, 6.07) is 12.1. The Morgan fingerprint density at radius 2 is 2.05 bits per heavy atom. The van der Waals surface area contributed by atoms with Gasteiger partial charge in [-0.3, -0.25) is 19.6 Å². The average Bonchev–Trinajstić information content (AvgIpc) is 3.58. The van der Waals surface area contributed by atoms with E-state index >= 15 is 0 Å². The van der Waals surface area contributed by atoms with Crippen LogP contribution in [0.4, 0.5) is 11.6 Å². The van der Waals surface area contributed by atoms with Gasteiger partial charge < -0.3 is 19.8 Å². The van der Waals surface area contributed by atoms with Crippen molar-refractivity contribution in [3.8, 4) is 0 Å². The second kappa shape index (κ2) is 10.7. The molecule has 3 aliphatic heterocycles. The zero-order chi connectivity index (χ0) is 27.0. The monoisotopic (exact) mass is 531 g/mol. The summed E-state index contributed by atoms with van der Waals surface area (Å²) in [6.07, 6.45) is 4.11. The van der Waals surface area contributed by atoms with E-state index in [0.717, 1.165) is 42.9 Å². The maximum atomic E-state index is 14.4. The number of aromatic nitrogens is 3. The standard InChI is InChI=1S/C29H37N7O3/c1-20-14-22(9-11-30-20)15-35(23-6-5-12-34(16-23)28-32-21(2)39-33-28)19-29(36-13-10-24(37)17-36)18-31-26-8-4-3-7-25(26)27(29)38/h3-4,7-9,11,14,23-24,31,37H,5-6,10,12-13,15-19H2,1-2H3/t23-,24+,29?/m0/s1. The number of β-amino-alcohol motifs (C(OH)–C–C–N with tert-alkyl or cyclic N) is 1. The lowest BCUT2D eigenvalue weighted by molar-refractivity contribution is 0.0315. The molecule has 206 valence electrons. The first-order valence-corrected chi connectivity index (χ1v) is 13.9. The van der Waals surface area contributed by atoms with Gasteiger partial charge in [0.1, 0.15) is 5.54 Å². The highest BCUT2D eigenvalue weighted by Gasteiger charge is 2.51. The predicted molar refractivity (Wildman–Crippen MR) is 148 cm³/mol. The zero-order valence-corrected chi connectivity index (χ0v) is 22.7. The third-order valence-corrected chi connectivity index (χ3v) is 8.46. The number of carbonyl (C=O) groups is 1. The number of benzene rings is 1. The SMILES string of the molecule is Cc1cc(CN(CC2(N3CC[C@@H](O)C3)CNc3ccccc3C2=O)[C@H]2CCCN(c3noc(C)n3)C2)ccn1. The molecule has 2 N–H and O–H groups in total. The van der Waals surface area contributed by atoms with Gasteiger partial charge in [0.2, 0.25) is 5.89 Å². The van der Waals surface area contributed by atoms with Gasteiger partial charge in [0.15, 0.2) is 5.78 Å². The van der Waals surface area contributed by atoms with Gasteiger partial charge >= 0.3 is 0 Å². The number of aliphatic hydroxyl groups excluding tert-OH is 1. The Hall–Kier alpha value is -3.34. The molecule has 3 aliphatic rings.